The zero-order chi connectivity index (χ0) is 12.8. The molecule has 1 atom stereocenters. The minimum absolute atomic E-state index is 0.0475. The summed E-state index contributed by atoms with van der Waals surface area (Å²) in [6.45, 7) is 2.65. The van der Waals surface area contributed by atoms with E-state index in [1.807, 2.05) is 0 Å². The molecule has 0 fully saturated rings. The van der Waals surface area contributed by atoms with Crippen molar-refractivity contribution in [2.24, 2.45) is 11.7 Å². The summed E-state index contributed by atoms with van der Waals surface area (Å²) in [5.74, 6) is -0.502. The molecule has 0 aliphatic heterocycles. The molecule has 1 amide bonds. The number of benzene rings is 1. The summed E-state index contributed by atoms with van der Waals surface area (Å²) in [4.78, 5) is 11.4. The molecule has 0 spiro atoms. The lowest BCUT2D eigenvalue weighted by atomic mass is 10.1. The lowest BCUT2D eigenvalue weighted by molar-refractivity contribution is -0.124. The number of hydrogen-bond donors (Lipinski definition) is 2. The van der Waals surface area contributed by atoms with Gasteiger partial charge in [-0.3, -0.25) is 4.79 Å². The minimum Gasteiger partial charge on any atom is -0.355 e. The predicted octanol–water partition coefficient (Wildman–Crippen LogP) is 1.84. The van der Waals surface area contributed by atoms with Gasteiger partial charge in [0.25, 0.3) is 0 Å². The van der Waals surface area contributed by atoms with E-state index in [-0.39, 0.29) is 17.6 Å². The molecular weight excluding hydrogens is 287 g/mol. The van der Waals surface area contributed by atoms with Crippen LogP contribution in [-0.2, 0) is 11.2 Å². The molecule has 1 rings (SSSR count). The van der Waals surface area contributed by atoms with Crippen LogP contribution in [0.1, 0.15) is 12.5 Å². The maximum atomic E-state index is 13.0. The Balaban J connectivity index is 2.41. The second-order valence-corrected chi connectivity index (χ2v) is 4.78. The summed E-state index contributed by atoms with van der Waals surface area (Å²) in [5.41, 5.74) is 6.35. The Labute approximate surface area is 109 Å². The molecule has 0 radical (unpaired) electrons. The van der Waals surface area contributed by atoms with Crippen LogP contribution in [0.4, 0.5) is 4.39 Å². The van der Waals surface area contributed by atoms with E-state index in [1.54, 1.807) is 19.1 Å². The van der Waals surface area contributed by atoms with Crippen LogP contribution in [-0.4, -0.2) is 19.0 Å². The molecule has 5 heteroatoms. The van der Waals surface area contributed by atoms with Crippen molar-refractivity contribution in [1.82, 2.24) is 5.32 Å². The van der Waals surface area contributed by atoms with Gasteiger partial charge in [0, 0.05) is 19.0 Å². The van der Waals surface area contributed by atoms with Gasteiger partial charge >= 0.3 is 0 Å². The molecule has 17 heavy (non-hydrogen) atoms. The number of nitrogens with one attached hydrogen (secondary N) is 1. The topological polar surface area (TPSA) is 55.1 Å². The molecule has 0 saturated heterocycles. The molecular formula is C12H16BrFN2O. The highest BCUT2D eigenvalue weighted by Crippen LogP contribution is 2.16. The standard InChI is InChI=1S/C12H16BrFN2O/c1-8(7-15)12(17)16-5-4-9-2-3-11(14)10(13)6-9/h2-3,6,8H,4-5,7,15H2,1H3,(H,16,17). The Kier molecular flexibility index (Phi) is 5.58. The molecule has 1 aromatic rings. The zero-order valence-corrected chi connectivity index (χ0v) is 11.3. The van der Waals surface area contributed by atoms with E-state index in [2.05, 4.69) is 21.2 Å². The molecule has 0 aliphatic rings. The van der Waals surface area contributed by atoms with Crippen LogP contribution in [0.15, 0.2) is 22.7 Å². The van der Waals surface area contributed by atoms with E-state index in [0.29, 0.717) is 24.0 Å². The molecule has 1 unspecified atom stereocenters. The Hall–Kier alpha value is -0.940. The van der Waals surface area contributed by atoms with Crippen molar-refractivity contribution in [2.75, 3.05) is 13.1 Å². The molecule has 3 N–H and O–H groups in total. The van der Waals surface area contributed by atoms with Crippen molar-refractivity contribution >= 4 is 21.8 Å². The van der Waals surface area contributed by atoms with Gasteiger partial charge in [0.1, 0.15) is 5.82 Å². The van der Waals surface area contributed by atoms with Crippen LogP contribution in [0.25, 0.3) is 0 Å². The van der Waals surface area contributed by atoms with E-state index in [0.717, 1.165) is 5.56 Å². The van der Waals surface area contributed by atoms with Gasteiger partial charge in [0.15, 0.2) is 0 Å². The Morgan fingerprint density at radius 2 is 2.29 bits per heavy atom. The number of hydrogen-bond acceptors (Lipinski definition) is 2. The fourth-order valence-electron chi connectivity index (χ4n) is 1.31. The van der Waals surface area contributed by atoms with Crippen LogP contribution in [0.5, 0.6) is 0 Å². The third-order valence-electron chi connectivity index (χ3n) is 2.50. The SMILES string of the molecule is CC(CN)C(=O)NCCc1ccc(F)c(Br)c1. The van der Waals surface area contributed by atoms with Crippen LogP contribution in [0.2, 0.25) is 0 Å². The molecule has 0 aliphatic carbocycles. The molecule has 0 aromatic heterocycles. The van der Waals surface area contributed by atoms with Crippen LogP contribution in [0, 0.1) is 11.7 Å². The van der Waals surface area contributed by atoms with Gasteiger partial charge < -0.3 is 11.1 Å². The summed E-state index contributed by atoms with van der Waals surface area (Å²) in [6, 6.07) is 4.83. The van der Waals surface area contributed by atoms with Crippen LogP contribution >= 0.6 is 15.9 Å². The third kappa shape index (κ3) is 4.44. The Morgan fingerprint density at radius 1 is 1.59 bits per heavy atom. The Bertz CT molecular complexity index is 398. The van der Waals surface area contributed by atoms with E-state index in [9.17, 15) is 9.18 Å². The fraction of sp³-hybridized carbons (Fsp3) is 0.417. The first-order valence-electron chi connectivity index (χ1n) is 5.46. The molecule has 0 heterocycles. The van der Waals surface area contributed by atoms with Gasteiger partial charge in [0.05, 0.1) is 4.47 Å². The van der Waals surface area contributed by atoms with Gasteiger partial charge in [-0.05, 0) is 40.0 Å². The summed E-state index contributed by atoms with van der Waals surface area (Å²) in [7, 11) is 0. The molecule has 94 valence electrons. The Morgan fingerprint density at radius 3 is 2.88 bits per heavy atom. The maximum Gasteiger partial charge on any atom is 0.224 e. The van der Waals surface area contributed by atoms with Gasteiger partial charge in [0.2, 0.25) is 5.91 Å². The van der Waals surface area contributed by atoms with Crippen molar-refractivity contribution in [2.45, 2.75) is 13.3 Å². The van der Waals surface area contributed by atoms with Crippen LogP contribution in [0.3, 0.4) is 0 Å². The van der Waals surface area contributed by atoms with E-state index in [4.69, 9.17) is 5.73 Å². The highest BCUT2D eigenvalue weighted by molar-refractivity contribution is 9.10. The van der Waals surface area contributed by atoms with Gasteiger partial charge in [-0.1, -0.05) is 13.0 Å². The third-order valence-corrected chi connectivity index (χ3v) is 3.11. The first-order valence-corrected chi connectivity index (χ1v) is 6.25. The molecule has 0 bridgehead atoms. The quantitative estimate of drug-likeness (QED) is 0.872. The second-order valence-electron chi connectivity index (χ2n) is 3.93. The van der Waals surface area contributed by atoms with Crippen molar-refractivity contribution in [1.29, 1.82) is 0 Å². The monoisotopic (exact) mass is 302 g/mol. The van der Waals surface area contributed by atoms with E-state index >= 15 is 0 Å². The number of nitrogens with two attached hydrogens (primary N) is 1. The summed E-state index contributed by atoms with van der Waals surface area (Å²) >= 11 is 3.12. The first-order chi connectivity index (χ1) is 8.04. The summed E-state index contributed by atoms with van der Waals surface area (Å²) in [5, 5.41) is 2.79. The van der Waals surface area contributed by atoms with Gasteiger partial charge in [-0.2, -0.15) is 0 Å². The predicted molar refractivity (Wildman–Crippen MR) is 69.0 cm³/mol. The van der Waals surface area contributed by atoms with Gasteiger partial charge in [-0.25, -0.2) is 4.39 Å². The molecule has 0 saturated carbocycles. The largest absolute Gasteiger partial charge is 0.355 e. The van der Waals surface area contributed by atoms with E-state index in [1.165, 1.54) is 6.07 Å². The number of amides is 1. The summed E-state index contributed by atoms with van der Waals surface area (Å²) < 4.78 is 13.4. The fourth-order valence-corrected chi connectivity index (χ4v) is 1.73. The lowest BCUT2D eigenvalue weighted by Crippen LogP contribution is -2.34. The number of carbonyl (C=O) groups is 1. The number of rotatable bonds is 5. The van der Waals surface area contributed by atoms with Crippen molar-refractivity contribution in [3.05, 3.63) is 34.1 Å². The van der Waals surface area contributed by atoms with Crippen molar-refractivity contribution in [3.8, 4) is 0 Å². The number of halogens is 2. The average Bonchev–Trinajstić information content (AvgIpc) is 2.32. The van der Waals surface area contributed by atoms with E-state index < -0.39 is 0 Å². The van der Waals surface area contributed by atoms with Crippen molar-refractivity contribution < 1.29 is 9.18 Å². The minimum atomic E-state index is -0.283. The maximum absolute atomic E-state index is 13.0. The molecule has 3 nitrogen and oxygen atoms in total. The normalized spacial score (nSPS) is 12.2. The molecule has 1 aromatic carbocycles. The summed E-state index contributed by atoms with van der Waals surface area (Å²) in [6.07, 6.45) is 0.669. The average molecular weight is 303 g/mol. The second kappa shape index (κ2) is 6.71. The highest BCUT2D eigenvalue weighted by Gasteiger charge is 2.09. The van der Waals surface area contributed by atoms with Crippen molar-refractivity contribution in [3.63, 3.8) is 0 Å². The first kappa shape index (κ1) is 14.1. The van der Waals surface area contributed by atoms with Crippen LogP contribution < -0.4 is 11.1 Å². The smallest absolute Gasteiger partial charge is 0.224 e. The van der Waals surface area contributed by atoms with Gasteiger partial charge in [-0.15, -0.1) is 0 Å². The number of carbonyl (C=O) groups excluding carboxylic acids is 1. The lowest BCUT2D eigenvalue weighted by Gasteiger charge is -2.09. The highest BCUT2D eigenvalue weighted by atomic mass is 79.9. The zero-order valence-electron chi connectivity index (χ0n) is 9.67.